The first-order chi connectivity index (χ1) is 8.71. The van der Waals surface area contributed by atoms with Gasteiger partial charge in [0.15, 0.2) is 0 Å². The Kier molecular flexibility index (Phi) is 2.87. The van der Waals surface area contributed by atoms with Crippen molar-refractivity contribution in [2.75, 3.05) is 0 Å². The van der Waals surface area contributed by atoms with Crippen molar-refractivity contribution in [1.29, 1.82) is 0 Å². The van der Waals surface area contributed by atoms with Crippen LogP contribution in [0.3, 0.4) is 0 Å². The van der Waals surface area contributed by atoms with E-state index in [9.17, 15) is 5.11 Å². The van der Waals surface area contributed by atoms with E-state index in [0.717, 1.165) is 19.3 Å². The number of rotatable bonds is 4. The van der Waals surface area contributed by atoms with Crippen LogP contribution in [0.25, 0.3) is 10.8 Å². The van der Waals surface area contributed by atoms with Gasteiger partial charge in [0.05, 0.1) is 5.60 Å². The SMILES string of the molecule is CCCC1CC1(O)Cc1ccc2ccccc2c1. The molecule has 0 amide bonds. The quantitative estimate of drug-likeness (QED) is 0.858. The predicted octanol–water partition coefficient (Wildman–Crippen LogP) is 3.93. The van der Waals surface area contributed by atoms with Crippen molar-refractivity contribution >= 4 is 10.8 Å². The lowest BCUT2D eigenvalue weighted by Crippen LogP contribution is -2.14. The second-order valence-corrected chi connectivity index (χ2v) is 5.65. The summed E-state index contributed by atoms with van der Waals surface area (Å²) in [5, 5.41) is 13.0. The fraction of sp³-hybridized carbons (Fsp3) is 0.412. The molecule has 0 aromatic heterocycles. The summed E-state index contributed by atoms with van der Waals surface area (Å²) in [5.74, 6) is 0.522. The Hall–Kier alpha value is -1.34. The molecule has 2 atom stereocenters. The zero-order chi connectivity index (χ0) is 12.6. The Morgan fingerprint density at radius 2 is 1.94 bits per heavy atom. The van der Waals surface area contributed by atoms with E-state index in [0.29, 0.717) is 5.92 Å². The molecule has 18 heavy (non-hydrogen) atoms. The summed E-state index contributed by atoms with van der Waals surface area (Å²) in [6.45, 7) is 2.19. The molecule has 1 aliphatic carbocycles. The average molecular weight is 240 g/mol. The third-order valence-electron chi connectivity index (χ3n) is 4.16. The van der Waals surface area contributed by atoms with Crippen LogP contribution in [-0.4, -0.2) is 10.7 Å². The number of hydrogen-bond acceptors (Lipinski definition) is 1. The molecule has 1 nitrogen and oxygen atoms in total. The summed E-state index contributed by atoms with van der Waals surface area (Å²) < 4.78 is 0. The standard InChI is InChI=1S/C17H20O/c1-2-5-16-12-17(16,18)11-13-8-9-14-6-3-4-7-15(14)10-13/h3-4,6-10,16,18H,2,5,11-12H2,1H3. The summed E-state index contributed by atoms with van der Waals surface area (Å²) in [6.07, 6.45) is 4.12. The number of hydrogen-bond donors (Lipinski definition) is 1. The fourth-order valence-corrected chi connectivity index (χ4v) is 3.01. The third-order valence-corrected chi connectivity index (χ3v) is 4.16. The molecule has 2 aromatic carbocycles. The first kappa shape index (κ1) is 11.7. The molecular formula is C17H20O. The maximum atomic E-state index is 10.4. The van der Waals surface area contributed by atoms with Crippen LogP contribution in [0, 0.1) is 5.92 Å². The summed E-state index contributed by atoms with van der Waals surface area (Å²) in [5.41, 5.74) is 0.841. The van der Waals surface area contributed by atoms with E-state index < -0.39 is 5.60 Å². The number of benzene rings is 2. The van der Waals surface area contributed by atoms with E-state index >= 15 is 0 Å². The molecule has 94 valence electrons. The van der Waals surface area contributed by atoms with Gasteiger partial charge < -0.3 is 5.11 Å². The van der Waals surface area contributed by atoms with E-state index in [-0.39, 0.29) is 0 Å². The van der Waals surface area contributed by atoms with Gasteiger partial charge in [-0.2, -0.15) is 0 Å². The molecule has 0 heterocycles. The number of aliphatic hydroxyl groups is 1. The van der Waals surface area contributed by atoms with Crippen LogP contribution >= 0.6 is 0 Å². The Morgan fingerprint density at radius 1 is 1.17 bits per heavy atom. The van der Waals surface area contributed by atoms with Crippen molar-refractivity contribution < 1.29 is 5.11 Å². The molecule has 3 rings (SSSR count). The van der Waals surface area contributed by atoms with Crippen LogP contribution in [0.2, 0.25) is 0 Å². The van der Waals surface area contributed by atoms with Gasteiger partial charge in [0.2, 0.25) is 0 Å². The molecule has 1 heteroatoms. The summed E-state index contributed by atoms with van der Waals surface area (Å²) in [7, 11) is 0. The van der Waals surface area contributed by atoms with E-state index in [1.165, 1.54) is 22.8 Å². The molecule has 1 N–H and O–H groups in total. The molecule has 0 saturated heterocycles. The predicted molar refractivity (Wildman–Crippen MR) is 75.6 cm³/mol. The molecule has 1 aliphatic rings. The van der Waals surface area contributed by atoms with E-state index in [1.807, 2.05) is 0 Å². The minimum atomic E-state index is -0.418. The summed E-state index contributed by atoms with van der Waals surface area (Å²) in [6, 6.07) is 14.9. The first-order valence-corrected chi connectivity index (χ1v) is 6.91. The van der Waals surface area contributed by atoms with Gasteiger partial charge in [0.25, 0.3) is 0 Å². The highest BCUT2D eigenvalue weighted by Crippen LogP contribution is 2.48. The zero-order valence-corrected chi connectivity index (χ0v) is 10.9. The van der Waals surface area contributed by atoms with Gasteiger partial charge in [-0.3, -0.25) is 0 Å². The monoisotopic (exact) mass is 240 g/mol. The van der Waals surface area contributed by atoms with Gasteiger partial charge in [-0.1, -0.05) is 55.8 Å². The van der Waals surface area contributed by atoms with Crippen LogP contribution in [0.5, 0.6) is 0 Å². The van der Waals surface area contributed by atoms with Gasteiger partial charge in [0.1, 0.15) is 0 Å². The highest BCUT2D eigenvalue weighted by molar-refractivity contribution is 5.83. The Balaban J connectivity index is 1.79. The van der Waals surface area contributed by atoms with Crippen LogP contribution < -0.4 is 0 Å². The van der Waals surface area contributed by atoms with E-state index in [2.05, 4.69) is 49.4 Å². The van der Waals surface area contributed by atoms with Gasteiger partial charge in [-0.25, -0.2) is 0 Å². The zero-order valence-electron chi connectivity index (χ0n) is 10.9. The van der Waals surface area contributed by atoms with Crippen molar-refractivity contribution in [2.45, 2.75) is 38.2 Å². The summed E-state index contributed by atoms with van der Waals surface area (Å²) in [4.78, 5) is 0. The van der Waals surface area contributed by atoms with Gasteiger partial charge in [-0.05, 0) is 35.1 Å². The van der Waals surface area contributed by atoms with Gasteiger partial charge >= 0.3 is 0 Å². The lowest BCUT2D eigenvalue weighted by atomic mass is 10.00. The molecule has 0 spiro atoms. The second-order valence-electron chi connectivity index (χ2n) is 5.65. The summed E-state index contributed by atoms with van der Waals surface area (Å²) >= 11 is 0. The van der Waals surface area contributed by atoms with Crippen molar-refractivity contribution in [3.05, 3.63) is 48.0 Å². The second kappa shape index (κ2) is 4.40. The van der Waals surface area contributed by atoms with Crippen molar-refractivity contribution in [2.24, 2.45) is 5.92 Å². The highest BCUT2D eigenvalue weighted by Gasteiger charge is 2.51. The van der Waals surface area contributed by atoms with Crippen LogP contribution in [0.1, 0.15) is 31.7 Å². The molecule has 1 saturated carbocycles. The molecule has 2 unspecified atom stereocenters. The topological polar surface area (TPSA) is 20.2 Å². The third kappa shape index (κ3) is 2.15. The number of fused-ring (bicyclic) bond motifs is 1. The molecule has 0 aliphatic heterocycles. The average Bonchev–Trinajstić information content (AvgIpc) is 2.99. The lowest BCUT2D eigenvalue weighted by molar-refractivity contribution is 0.129. The first-order valence-electron chi connectivity index (χ1n) is 6.91. The Morgan fingerprint density at radius 3 is 2.72 bits per heavy atom. The molecule has 1 fully saturated rings. The van der Waals surface area contributed by atoms with E-state index in [1.54, 1.807) is 0 Å². The van der Waals surface area contributed by atoms with E-state index in [4.69, 9.17) is 0 Å². The van der Waals surface area contributed by atoms with Gasteiger partial charge in [-0.15, -0.1) is 0 Å². The normalized spacial score (nSPS) is 26.4. The van der Waals surface area contributed by atoms with Crippen molar-refractivity contribution in [3.8, 4) is 0 Å². The van der Waals surface area contributed by atoms with Crippen LogP contribution in [-0.2, 0) is 6.42 Å². The molecule has 0 bridgehead atoms. The van der Waals surface area contributed by atoms with Gasteiger partial charge in [0, 0.05) is 6.42 Å². The van der Waals surface area contributed by atoms with Crippen molar-refractivity contribution in [3.63, 3.8) is 0 Å². The Labute approximate surface area is 108 Å². The maximum Gasteiger partial charge on any atom is 0.0720 e. The fourth-order valence-electron chi connectivity index (χ4n) is 3.01. The van der Waals surface area contributed by atoms with Crippen LogP contribution in [0.4, 0.5) is 0 Å². The lowest BCUT2D eigenvalue weighted by Gasteiger charge is -2.11. The highest BCUT2D eigenvalue weighted by atomic mass is 16.3. The minimum Gasteiger partial charge on any atom is -0.389 e. The largest absolute Gasteiger partial charge is 0.389 e. The molecular weight excluding hydrogens is 220 g/mol. The molecule has 0 radical (unpaired) electrons. The minimum absolute atomic E-state index is 0.418. The molecule has 2 aromatic rings. The smallest absolute Gasteiger partial charge is 0.0720 e. The Bertz CT molecular complexity index is 560. The van der Waals surface area contributed by atoms with Crippen molar-refractivity contribution in [1.82, 2.24) is 0 Å². The van der Waals surface area contributed by atoms with Crippen LogP contribution in [0.15, 0.2) is 42.5 Å². The maximum absolute atomic E-state index is 10.4.